The third kappa shape index (κ3) is 1.98. The first-order valence-corrected chi connectivity index (χ1v) is 6.31. The molecule has 0 saturated carbocycles. The third-order valence-corrected chi connectivity index (χ3v) is 3.66. The van der Waals surface area contributed by atoms with Crippen LogP contribution in [0.2, 0.25) is 0 Å². The van der Waals surface area contributed by atoms with Crippen LogP contribution in [-0.2, 0) is 23.0 Å². The average Bonchev–Trinajstić information content (AvgIpc) is 2.15. The van der Waals surface area contributed by atoms with Gasteiger partial charge in [-0.15, -0.1) is 0 Å². The monoisotopic (exact) mass is 227 g/mol. The van der Waals surface area contributed by atoms with E-state index in [1.54, 1.807) is 6.07 Å². The summed E-state index contributed by atoms with van der Waals surface area (Å²) in [6.07, 6.45) is 3.96. The lowest BCUT2D eigenvalue weighted by atomic mass is 9.91. The summed E-state index contributed by atoms with van der Waals surface area (Å²) in [5.74, 6) is 0. The Morgan fingerprint density at radius 2 is 1.67 bits per heavy atom. The van der Waals surface area contributed by atoms with Gasteiger partial charge in [-0.1, -0.05) is 0 Å². The number of fused-ring (bicyclic) bond motifs is 1. The molecule has 0 radical (unpaired) electrons. The van der Waals surface area contributed by atoms with Crippen LogP contribution >= 0.6 is 0 Å². The maximum absolute atomic E-state index is 11.0. The first-order valence-electron chi connectivity index (χ1n) is 4.87. The maximum atomic E-state index is 11.0. The number of hydrogen-bond acceptors (Lipinski definition) is 3. The van der Waals surface area contributed by atoms with E-state index in [9.17, 15) is 8.42 Å². The molecule has 1 aliphatic carbocycles. The number of aryl methyl sites for hydroxylation is 2. The van der Waals surface area contributed by atoms with E-state index in [0.29, 0.717) is 0 Å². The molecule has 4 nitrogen and oxygen atoms in total. The van der Waals surface area contributed by atoms with Crippen LogP contribution in [-0.4, -0.2) is 13.0 Å². The van der Waals surface area contributed by atoms with E-state index in [0.717, 1.165) is 36.8 Å². The topological polar surface area (TPSA) is 80.4 Å². The van der Waals surface area contributed by atoms with E-state index >= 15 is 0 Å². The second-order valence-corrected chi connectivity index (χ2v) is 5.23. The number of hydrogen-bond donors (Lipinski definition) is 2. The molecule has 0 bridgehead atoms. The highest BCUT2D eigenvalue weighted by molar-refractivity contribution is 7.86. The first kappa shape index (κ1) is 10.4. The van der Waals surface area contributed by atoms with Crippen molar-refractivity contribution in [3.63, 3.8) is 0 Å². The van der Waals surface area contributed by atoms with Crippen LogP contribution in [0.5, 0.6) is 0 Å². The van der Waals surface area contributed by atoms with Gasteiger partial charge >= 0.3 is 0 Å². The van der Waals surface area contributed by atoms with Crippen LogP contribution in [0.1, 0.15) is 24.0 Å². The van der Waals surface area contributed by atoms with Crippen molar-refractivity contribution in [1.82, 2.24) is 0 Å². The lowest BCUT2D eigenvalue weighted by Crippen LogP contribution is -2.09. The smallest absolute Gasteiger partial charge is 0.296 e. The molecule has 1 aliphatic rings. The molecule has 1 aromatic carbocycles. The molecule has 0 atom stereocenters. The van der Waals surface area contributed by atoms with E-state index in [-0.39, 0.29) is 10.6 Å². The molecule has 15 heavy (non-hydrogen) atoms. The fourth-order valence-corrected chi connectivity index (χ4v) is 2.65. The van der Waals surface area contributed by atoms with Crippen molar-refractivity contribution in [2.75, 3.05) is 5.73 Å². The summed E-state index contributed by atoms with van der Waals surface area (Å²) in [4.78, 5) is -0.164. The van der Waals surface area contributed by atoms with Gasteiger partial charge in [-0.2, -0.15) is 8.42 Å². The van der Waals surface area contributed by atoms with Crippen molar-refractivity contribution in [3.8, 4) is 0 Å². The van der Waals surface area contributed by atoms with E-state index in [4.69, 9.17) is 10.3 Å². The quantitative estimate of drug-likeness (QED) is 0.561. The number of rotatable bonds is 1. The predicted octanol–water partition coefficient (Wildman–Crippen LogP) is 1.39. The molecule has 0 aromatic heterocycles. The van der Waals surface area contributed by atoms with Crippen LogP contribution in [0.4, 0.5) is 5.69 Å². The van der Waals surface area contributed by atoms with Crippen molar-refractivity contribution >= 4 is 15.8 Å². The molecule has 3 N–H and O–H groups in total. The fraction of sp³-hybridized carbons (Fsp3) is 0.400. The largest absolute Gasteiger partial charge is 0.398 e. The highest BCUT2D eigenvalue weighted by Gasteiger charge is 2.18. The van der Waals surface area contributed by atoms with Crippen molar-refractivity contribution < 1.29 is 13.0 Å². The van der Waals surface area contributed by atoms with Crippen LogP contribution in [0.25, 0.3) is 0 Å². The maximum Gasteiger partial charge on any atom is 0.296 e. The summed E-state index contributed by atoms with van der Waals surface area (Å²) >= 11 is 0. The predicted molar refractivity (Wildman–Crippen MR) is 57.3 cm³/mol. The number of anilines is 1. The Hall–Kier alpha value is -1.07. The Morgan fingerprint density at radius 1 is 1.13 bits per heavy atom. The van der Waals surface area contributed by atoms with E-state index < -0.39 is 10.1 Å². The summed E-state index contributed by atoms with van der Waals surface area (Å²) in [6, 6.07) is 3.16. The zero-order valence-corrected chi connectivity index (χ0v) is 9.05. The Labute approximate surface area is 88.9 Å². The van der Waals surface area contributed by atoms with Gasteiger partial charge in [0.25, 0.3) is 10.1 Å². The average molecular weight is 227 g/mol. The zero-order valence-electron chi connectivity index (χ0n) is 8.23. The molecular weight excluding hydrogens is 214 g/mol. The van der Waals surface area contributed by atoms with Gasteiger partial charge in [0.2, 0.25) is 0 Å². The molecule has 0 unspecified atom stereocenters. The first-order chi connectivity index (χ1) is 6.98. The summed E-state index contributed by atoms with van der Waals surface area (Å²) in [6.45, 7) is 0. The Balaban J connectivity index is 2.60. The fourth-order valence-electron chi connectivity index (χ4n) is 2.01. The minimum Gasteiger partial charge on any atom is -0.398 e. The van der Waals surface area contributed by atoms with Gasteiger partial charge in [-0.25, -0.2) is 0 Å². The SMILES string of the molecule is Nc1cc2c(cc1S(=O)(=O)O)CCCC2. The molecule has 0 amide bonds. The van der Waals surface area contributed by atoms with E-state index in [1.807, 2.05) is 0 Å². The van der Waals surface area contributed by atoms with Gasteiger partial charge in [-0.05, 0) is 48.9 Å². The highest BCUT2D eigenvalue weighted by Crippen LogP contribution is 2.28. The standard InChI is InChI=1S/C10H13NO3S/c11-9-5-7-3-1-2-4-8(7)6-10(9)15(12,13)14/h5-6H,1-4,11H2,(H,12,13,14). The van der Waals surface area contributed by atoms with E-state index in [1.165, 1.54) is 6.07 Å². The third-order valence-electron chi connectivity index (χ3n) is 2.75. The molecule has 0 spiro atoms. The van der Waals surface area contributed by atoms with Crippen LogP contribution in [0.15, 0.2) is 17.0 Å². The second-order valence-electron chi connectivity index (χ2n) is 3.84. The van der Waals surface area contributed by atoms with Gasteiger partial charge in [0.05, 0.1) is 5.69 Å². The summed E-state index contributed by atoms with van der Waals surface area (Å²) < 4.78 is 31.0. The van der Waals surface area contributed by atoms with Crippen molar-refractivity contribution in [2.24, 2.45) is 0 Å². The van der Waals surface area contributed by atoms with Crippen molar-refractivity contribution in [2.45, 2.75) is 30.6 Å². The lowest BCUT2D eigenvalue weighted by Gasteiger charge is -2.17. The van der Waals surface area contributed by atoms with Gasteiger partial charge in [-0.3, -0.25) is 4.55 Å². The summed E-state index contributed by atoms with van der Waals surface area (Å²) in [5.41, 5.74) is 7.82. The normalized spacial score (nSPS) is 16.1. The van der Waals surface area contributed by atoms with Gasteiger partial charge in [0.1, 0.15) is 4.90 Å². The van der Waals surface area contributed by atoms with Gasteiger partial charge in [0, 0.05) is 0 Å². The van der Waals surface area contributed by atoms with Crippen LogP contribution in [0, 0.1) is 0 Å². The molecule has 1 aromatic rings. The summed E-state index contributed by atoms with van der Waals surface area (Å²) in [7, 11) is -4.19. The van der Waals surface area contributed by atoms with E-state index in [2.05, 4.69) is 0 Å². The minimum atomic E-state index is -4.19. The molecule has 0 fully saturated rings. The van der Waals surface area contributed by atoms with Crippen molar-refractivity contribution in [1.29, 1.82) is 0 Å². The van der Waals surface area contributed by atoms with Crippen LogP contribution in [0.3, 0.4) is 0 Å². The number of nitrogen functional groups attached to an aromatic ring is 1. The molecule has 0 aliphatic heterocycles. The lowest BCUT2D eigenvalue weighted by molar-refractivity contribution is 0.483. The number of nitrogens with two attached hydrogens (primary N) is 1. The molecule has 0 saturated heterocycles. The molecule has 0 heterocycles. The summed E-state index contributed by atoms with van der Waals surface area (Å²) in [5, 5.41) is 0. The minimum absolute atomic E-state index is 0.137. The Kier molecular flexibility index (Phi) is 2.44. The van der Waals surface area contributed by atoms with Gasteiger partial charge < -0.3 is 5.73 Å². The van der Waals surface area contributed by atoms with Crippen LogP contribution < -0.4 is 5.73 Å². The Morgan fingerprint density at radius 3 is 2.20 bits per heavy atom. The van der Waals surface area contributed by atoms with Crippen molar-refractivity contribution in [3.05, 3.63) is 23.3 Å². The second kappa shape index (κ2) is 3.50. The van der Waals surface area contributed by atoms with Gasteiger partial charge in [0.15, 0.2) is 0 Å². The highest BCUT2D eigenvalue weighted by atomic mass is 32.2. The molecule has 82 valence electrons. The molecular formula is C10H13NO3S. The number of benzene rings is 1. The zero-order chi connectivity index (χ0) is 11.1. The Bertz CT molecular complexity index is 494. The molecule has 5 heteroatoms. The molecule has 2 rings (SSSR count).